The average molecular weight is 362 g/mol. The maximum atomic E-state index is 13.4. The van der Waals surface area contributed by atoms with E-state index in [2.05, 4.69) is 5.32 Å². The number of amides is 1. The first-order chi connectivity index (χ1) is 10.5. The molecule has 116 valence electrons. The molecule has 0 aliphatic carbocycles. The van der Waals surface area contributed by atoms with E-state index in [0.717, 1.165) is 11.6 Å². The molecule has 0 aliphatic rings. The second kappa shape index (κ2) is 7.81. The fraction of sp³-hybridized carbons (Fsp3) is 0.133. The Morgan fingerprint density at radius 1 is 1.14 bits per heavy atom. The molecule has 2 nitrogen and oxygen atoms in total. The number of thioether (sulfide) groups is 1. The molecule has 0 heterocycles. The van der Waals surface area contributed by atoms with Gasteiger partial charge in [0, 0.05) is 21.9 Å². The van der Waals surface area contributed by atoms with E-state index < -0.39 is 17.5 Å². The third-order valence-electron chi connectivity index (χ3n) is 2.75. The molecule has 2 aromatic carbocycles. The third-order valence-corrected chi connectivity index (χ3v) is 4.41. The first kappa shape index (κ1) is 17.1. The second-order valence-corrected chi connectivity index (χ2v) is 6.17. The summed E-state index contributed by atoms with van der Waals surface area (Å²) in [5, 5.41) is 3.45. The summed E-state index contributed by atoms with van der Waals surface area (Å²) in [6.45, 7) is 0. The van der Waals surface area contributed by atoms with Crippen LogP contribution in [0.15, 0.2) is 36.4 Å². The summed E-state index contributed by atoms with van der Waals surface area (Å²) in [5.74, 6) is -1.35. The molecular weight excluding hydrogens is 351 g/mol. The lowest BCUT2D eigenvalue weighted by atomic mass is 10.2. The van der Waals surface area contributed by atoms with Crippen LogP contribution in [0.3, 0.4) is 0 Å². The largest absolute Gasteiger partial charge is 0.323 e. The summed E-state index contributed by atoms with van der Waals surface area (Å²) < 4.78 is 26.2. The van der Waals surface area contributed by atoms with Gasteiger partial charge in [0.15, 0.2) is 0 Å². The van der Waals surface area contributed by atoms with E-state index in [4.69, 9.17) is 23.2 Å². The minimum absolute atomic E-state index is 0.0530. The average Bonchev–Trinajstić information content (AvgIpc) is 2.45. The van der Waals surface area contributed by atoms with Crippen molar-refractivity contribution in [1.29, 1.82) is 0 Å². The number of nitrogens with one attached hydrogen (secondary N) is 1. The van der Waals surface area contributed by atoms with Gasteiger partial charge >= 0.3 is 0 Å². The van der Waals surface area contributed by atoms with Crippen LogP contribution in [-0.4, -0.2) is 11.7 Å². The van der Waals surface area contributed by atoms with Crippen LogP contribution in [0.2, 0.25) is 10.0 Å². The van der Waals surface area contributed by atoms with Gasteiger partial charge < -0.3 is 5.32 Å². The standard InChI is InChI=1S/C15H11Cl2F2NOS/c16-11-2-1-3-12(17)10(11)7-22-8-15(21)20-14-5-4-9(18)6-13(14)19/h1-6H,7-8H2,(H,20,21). The number of halogens is 4. The van der Waals surface area contributed by atoms with Crippen LogP contribution in [0.1, 0.15) is 5.56 Å². The molecule has 0 atom stereocenters. The van der Waals surface area contributed by atoms with E-state index in [1.165, 1.54) is 17.8 Å². The Labute approximate surface area is 140 Å². The third kappa shape index (κ3) is 4.60. The lowest BCUT2D eigenvalue weighted by Crippen LogP contribution is -2.15. The molecule has 0 spiro atoms. The van der Waals surface area contributed by atoms with Gasteiger partial charge in [-0.2, -0.15) is 0 Å². The SMILES string of the molecule is O=C(CSCc1c(Cl)cccc1Cl)Nc1ccc(F)cc1F. The number of benzene rings is 2. The van der Waals surface area contributed by atoms with Crippen molar-refractivity contribution in [2.45, 2.75) is 5.75 Å². The molecule has 2 rings (SSSR count). The number of rotatable bonds is 5. The minimum atomic E-state index is -0.813. The van der Waals surface area contributed by atoms with Gasteiger partial charge in [-0.05, 0) is 29.8 Å². The van der Waals surface area contributed by atoms with Crippen LogP contribution in [0.4, 0.5) is 14.5 Å². The van der Waals surface area contributed by atoms with Gasteiger partial charge in [0.25, 0.3) is 0 Å². The number of hydrogen-bond donors (Lipinski definition) is 1. The van der Waals surface area contributed by atoms with Crippen LogP contribution in [0.5, 0.6) is 0 Å². The van der Waals surface area contributed by atoms with Gasteiger partial charge in [0.2, 0.25) is 5.91 Å². The Kier molecular flexibility index (Phi) is 6.06. The molecule has 0 fully saturated rings. The van der Waals surface area contributed by atoms with Crippen LogP contribution in [0, 0.1) is 11.6 Å². The predicted octanol–water partition coefficient (Wildman–Crippen LogP) is 5.14. The van der Waals surface area contributed by atoms with Crippen molar-refractivity contribution < 1.29 is 13.6 Å². The predicted molar refractivity (Wildman–Crippen MR) is 87.6 cm³/mol. The van der Waals surface area contributed by atoms with Crippen LogP contribution in [0.25, 0.3) is 0 Å². The lowest BCUT2D eigenvalue weighted by molar-refractivity contribution is -0.113. The second-order valence-electron chi connectivity index (χ2n) is 4.37. The Hall–Kier alpha value is -1.30. The van der Waals surface area contributed by atoms with Gasteiger partial charge in [-0.1, -0.05) is 29.3 Å². The van der Waals surface area contributed by atoms with E-state index in [1.54, 1.807) is 18.2 Å². The maximum absolute atomic E-state index is 13.4. The van der Waals surface area contributed by atoms with Gasteiger partial charge in [-0.3, -0.25) is 4.79 Å². The molecule has 1 amide bonds. The summed E-state index contributed by atoms with van der Waals surface area (Å²) in [7, 11) is 0. The summed E-state index contributed by atoms with van der Waals surface area (Å²) in [4.78, 5) is 11.8. The minimum Gasteiger partial charge on any atom is -0.323 e. The number of anilines is 1. The van der Waals surface area contributed by atoms with Crippen molar-refractivity contribution in [3.63, 3.8) is 0 Å². The molecule has 0 bridgehead atoms. The lowest BCUT2D eigenvalue weighted by Gasteiger charge is -2.08. The fourth-order valence-electron chi connectivity index (χ4n) is 1.69. The van der Waals surface area contributed by atoms with E-state index in [0.29, 0.717) is 21.9 Å². The molecule has 22 heavy (non-hydrogen) atoms. The Morgan fingerprint density at radius 3 is 2.45 bits per heavy atom. The first-order valence-corrected chi connectivity index (χ1v) is 8.14. The van der Waals surface area contributed by atoms with Gasteiger partial charge in [-0.25, -0.2) is 8.78 Å². The van der Waals surface area contributed by atoms with E-state index in [-0.39, 0.29) is 11.4 Å². The van der Waals surface area contributed by atoms with Crippen molar-refractivity contribution in [3.8, 4) is 0 Å². The summed E-state index contributed by atoms with van der Waals surface area (Å²) in [6, 6.07) is 8.15. The molecule has 2 aromatic rings. The molecule has 1 N–H and O–H groups in total. The van der Waals surface area contributed by atoms with Crippen LogP contribution >= 0.6 is 35.0 Å². The summed E-state index contributed by atoms with van der Waals surface area (Å²) in [5.41, 5.74) is 0.694. The molecule has 7 heteroatoms. The zero-order valence-corrected chi connectivity index (χ0v) is 13.5. The highest BCUT2D eigenvalue weighted by molar-refractivity contribution is 7.99. The summed E-state index contributed by atoms with van der Waals surface area (Å²) in [6.07, 6.45) is 0. The Bertz CT molecular complexity index is 677. The van der Waals surface area contributed by atoms with Crippen molar-refractivity contribution in [1.82, 2.24) is 0 Å². The molecular formula is C15H11Cl2F2NOS. The highest BCUT2D eigenvalue weighted by atomic mass is 35.5. The van der Waals surface area contributed by atoms with E-state index >= 15 is 0 Å². The number of hydrogen-bond acceptors (Lipinski definition) is 2. The fourth-order valence-corrected chi connectivity index (χ4v) is 3.26. The quantitative estimate of drug-likeness (QED) is 0.798. The zero-order valence-electron chi connectivity index (χ0n) is 11.2. The van der Waals surface area contributed by atoms with Crippen molar-refractivity contribution in [2.75, 3.05) is 11.1 Å². The van der Waals surface area contributed by atoms with E-state index in [1.807, 2.05) is 0 Å². The van der Waals surface area contributed by atoms with Crippen molar-refractivity contribution >= 4 is 46.6 Å². The molecule has 0 aromatic heterocycles. The normalized spacial score (nSPS) is 10.5. The van der Waals surface area contributed by atoms with Crippen molar-refractivity contribution in [2.24, 2.45) is 0 Å². The Morgan fingerprint density at radius 2 is 1.82 bits per heavy atom. The summed E-state index contributed by atoms with van der Waals surface area (Å²) >= 11 is 13.3. The molecule has 0 saturated carbocycles. The zero-order chi connectivity index (χ0) is 16.1. The van der Waals surface area contributed by atoms with Crippen LogP contribution in [-0.2, 0) is 10.5 Å². The van der Waals surface area contributed by atoms with Gasteiger partial charge in [-0.15, -0.1) is 11.8 Å². The molecule has 0 aliphatic heterocycles. The highest BCUT2D eigenvalue weighted by Crippen LogP contribution is 2.28. The van der Waals surface area contributed by atoms with Crippen molar-refractivity contribution in [3.05, 3.63) is 63.6 Å². The maximum Gasteiger partial charge on any atom is 0.234 e. The first-order valence-electron chi connectivity index (χ1n) is 6.23. The monoisotopic (exact) mass is 361 g/mol. The highest BCUT2D eigenvalue weighted by Gasteiger charge is 2.10. The van der Waals surface area contributed by atoms with E-state index in [9.17, 15) is 13.6 Å². The molecule has 0 radical (unpaired) electrons. The van der Waals surface area contributed by atoms with Crippen LogP contribution < -0.4 is 5.32 Å². The number of carbonyl (C=O) groups excluding carboxylic acids is 1. The molecule has 0 saturated heterocycles. The smallest absolute Gasteiger partial charge is 0.234 e. The van der Waals surface area contributed by atoms with Gasteiger partial charge in [0.05, 0.1) is 11.4 Å². The Balaban J connectivity index is 1.88. The molecule has 0 unspecified atom stereocenters. The number of carbonyl (C=O) groups is 1. The van der Waals surface area contributed by atoms with Gasteiger partial charge in [0.1, 0.15) is 11.6 Å². The topological polar surface area (TPSA) is 29.1 Å².